The molecule has 3 rings (SSSR count). The third-order valence-electron chi connectivity index (χ3n) is 6.65. The van der Waals surface area contributed by atoms with Crippen molar-refractivity contribution < 1.29 is 4.74 Å². The van der Waals surface area contributed by atoms with Gasteiger partial charge in [-0.2, -0.15) is 0 Å². The van der Waals surface area contributed by atoms with Gasteiger partial charge in [0, 0.05) is 11.1 Å². The fourth-order valence-corrected chi connectivity index (χ4v) is 4.50. The van der Waals surface area contributed by atoms with Crippen LogP contribution in [0.15, 0.2) is 48.5 Å². The van der Waals surface area contributed by atoms with Crippen molar-refractivity contribution in [3.8, 4) is 17.6 Å². The molecule has 2 aromatic rings. The molecule has 2 aromatic carbocycles. The second-order valence-electron chi connectivity index (χ2n) is 9.27. The van der Waals surface area contributed by atoms with Crippen molar-refractivity contribution in [3.63, 3.8) is 0 Å². The topological polar surface area (TPSA) is 9.23 Å². The van der Waals surface area contributed by atoms with Crippen molar-refractivity contribution in [2.75, 3.05) is 6.61 Å². The Kier molecular flexibility index (Phi) is 10.0. The lowest BCUT2D eigenvalue weighted by Gasteiger charge is -2.28. The van der Waals surface area contributed by atoms with Gasteiger partial charge in [0.05, 0.1) is 6.61 Å². The van der Waals surface area contributed by atoms with Gasteiger partial charge in [-0.3, -0.25) is 0 Å². The molecule has 1 fully saturated rings. The molecular weight excluding hydrogens is 376 g/mol. The van der Waals surface area contributed by atoms with Gasteiger partial charge in [0.25, 0.3) is 0 Å². The third-order valence-corrected chi connectivity index (χ3v) is 6.65. The van der Waals surface area contributed by atoms with Crippen LogP contribution in [0.2, 0.25) is 0 Å². The molecule has 0 radical (unpaired) electrons. The van der Waals surface area contributed by atoms with E-state index in [0.717, 1.165) is 41.7 Å². The Morgan fingerprint density at radius 3 is 1.90 bits per heavy atom. The van der Waals surface area contributed by atoms with Crippen LogP contribution in [0, 0.1) is 23.7 Å². The average Bonchev–Trinajstić information content (AvgIpc) is 2.82. The summed E-state index contributed by atoms with van der Waals surface area (Å²) in [4.78, 5) is 0. The van der Waals surface area contributed by atoms with Crippen molar-refractivity contribution in [2.45, 2.75) is 84.5 Å². The Bertz CT molecular complexity index is 798. The highest BCUT2D eigenvalue weighted by Gasteiger charge is 2.21. The zero-order valence-corrected chi connectivity index (χ0v) is 19.7. The van der Waals surface area contributed by atoms with E-state index in [1.165, 1.54) is 69.8 Å². The van der Waals surface area contributed by atoms with Crippen molar-refractivity contribution in [1.82, 2.24) is 0 Å². The molecule has 1 aliphatic rings. The van der Waals surface area contributed by atoms with Crippen LogP contribution >= 0.6 is 0 Å². The van der Waals surface area contributed by atoms with E-state index in [-0.39, 0.29) is 0 Å². The molecule has 0 unspecified atom stereocenters. The number of hydrogen-bond acceptors (Lipinski definition) is 1. The quantitative estimate of drug-likeness (QED) is 0.280. The van der Waals surface area contributed by atoms with E-state index in [0.29, 0.717) is 0 Å². The molecule has 0 bridgehead atoms. The van der Waals surface area contributed by atoms with Gasteiger partial charge in [0.15, 0.2) is 0 Å². The normalized spacial score (nSPS) is 18.3. The van der Waals surface area contributed by atoms with E-state index in [1.807, 2.05) is 0 Å². The minimum absolute atomic E-state index is 0.724. The molecule has 0 amide bonds. The first kappa shape index (κ1) is 23.5. The summed E-state index contributed by atoms with van der Waals surface area (Å²) in [7, 11) is 0. The molecule has 0 saturated heterocycles. The SMILES string of the molecule is CCCCCC1CCC(COc2ccc(C#Cc3ccc(CCCC)cc3)cc2)CC1. The van der Waals surface area contributed by atoms with E-state index < -0.39 is 0 Å². The molecule has 1 heteroatoms. The number of hydrogen-bond donors (Lipinski definition) is 0. The second kappa shape index (κ2) is 13.3. The van der Waals surface area contributed by atoms with Crippen LogP contribution in [0.1, 0.15) is 94.7 Å². The molecular formula is C30H40O. The lowest BCUT2D eigenvalue weighted by Crippen LogP contribution is -2.20. The molecule has 1 saturated carbocycles. The Labute approximate surface area is 190 Å². The summed E-state index contributed by atoms with van der Waals surface area (Å²) in [6.07, 6.45) is 14.7. The number of aryl methyl sites for hydroxylation is 1. The minimum Gasteiger partial charge on any atom is -0.493 e. The first-order valence-electron chi connectivity index (χ1n) is 12.6. The van der Waals surface area contributed by atoms with Crippen molar-refractivity contribution in [2.24, 2.45) is 11.8 Å². The van der Waals surface area contributed by atoms with E-state index >= 15 is 0 Å². The van der Waals surface area contributed by atoms with E-state index in [1.54, 1.807) is 0 Å². The molecule has 166 valence electrons. The molecule has 1 nitrogen and oxygen atoms in total. The predicted octanol–water partition coefficient (Wildman–Crippen LogP) is 8.19. The number of unbranched alkanes of at least 4 members (excludes halogenated alkanes) is 3. The molecule has 0 heterocycles. The maximum atomic E-state index is 6.09. The van der Waals surface area contributed by atoms with Crippen LogP contribution in [0.3, 0.4) is 0 Å². The maximum absolute atomic E-state index is 6.09. The van der Waals surface area contributed by atoms with Gasteiger partial charge in [0.2, 0.25) is 0 Å². The Morgan fingerprint density at radius 1 is 0.710 bits per heavy atom. The first-order chi connectivity index (χ1) is 15.3. The first-order valence-corrected chi connectivity index (χ1v) is 12.6. The third kappa shape index (κ3) is 8.45. The van der Waals surface area contributed by atoms with E-state index in [4.69, 9.17) is 4.74 Å². The highest BCUT2D eigenvalue weighted by molar-refractivity contribution is 5.44. The molecule has 0 N–H and O–H groups in total. The minimum atomic E-state index is 0.724. The molecule has 0 atom stereocenters. The smallest absolute Gasteiger partial charge is 0.119 e. The van der Waals surface area contributed by atoms with E-state index in [2.05, 4.69) is 74.2 Å². The standard InChI is InChI=1S/C30H40O/c1-3-5-7-9-26-16-18-29(19-17-26)24-31-30-22-20-28(21-23-30)15-14-27-12-10-25(11-13-27)8-6-4-2/h10-13,20-23,26,29H,3-9,16-19,24H2,1-2H3. The summed E-state index contributed by atoms with van der Waals surface area (Å²) in [6.45, 7) is 5.38. The lowest BCUT2D eigenvalue weighted by molar-refractivity contribution is 0.177. The average molecular weight is 417 g/mol. The highest BCUT2D eigenvalue weighted by Crippen LogP contribution is 2.32. The summed E-state index contributed by atoms with van der Waals surface area (Å²) >= 11 is 0. The largest absolute Gasteiger partial charge is 0.493 e. The Hall–Kier alpha value is -2.20. The Morgan fingerprint density at radius 2 is 1.29 bits per heavy atom. The molecule has 0 aromatic heterocycles. The van der Waals surface area contributed by atoms with Gasteiger partial charge in [-0.05, 0) is 79.5 Å². The summed E-state index contributed by atoms with van der Waals surface area (Å²) in [5.74, 6) is 9.21. The molecule has 1 aliphatic carbocycles. The van der Waals surface area contributed by atoms with Crippen molar-refractivity contribution in [1.29, 1.82) is 0 Å². The van der Waals surface area contributed by atoms with Gasteiger partial charge >= 0.3 is 0 Å². The van der Waals surface area contributed by atoms with Gasteiger partial charge in [-0.1, -0.05) is 82.8 Å². The van der Waals surface area contributed by atoms with Gasteiger partial charge in [-0.15, -0.1) is 0 Å². The number of benzene rings is 2. The van der Waals surface area contributed by atoms with Crippen molar-refractivity contribution in [3.05, 3.63) is 65.2 Å². The van der Waals surface area contributed by atoms with Crippen molar-refractivity contribution >= 4 is 0 Å². The van der Waals surface area contributed by atoms with Crippen LogP contribution in [0.25, 0.3) is 0 Å². The number of rotatable bonds is 10. The zero-order valence-electron chi connectivity index (χ0n) is 19.7. The zero-order chi connectivity index (χ0) is 21.7. The van der Waals surface area contributed by atoms with Gasteiger partial charge in [-0.25, -0.2) is 0 Å². The monoisotopic (exact) mass is 416 g/mol. The van der Waals surface area contributed by atoms with Crippen LogP contribution in [-0.2, 0) is 6.42 Å². The van der Waals surface area contributed by atoms with E-state index in [9.17, 15) is 0 Å². The fraction of sp³-hybridized carbons (Fsp3) is 0.533. The van der Waals surface area contributed by atoms with Gasteiger partial charge in [0.1, 0.15) is 5.75 Å². The summed E-state index contributed by atoms with van der Waals surface area (Å²) in [5, 5.41) is 0. The number of ether oxygens (including phenoxy) is 1. The van der Waals surface area contributed by atoms with Gasteiger partial charge < -0.3 is 4.74 Å². The Balaban J connectivity index is 1.40. The van der Waals surface area contributed by atoms with Crippen LogP contribution < -0.4 is 4.74 Å². The highest BCUT2D eigenvalue weighted by atomic mass is 16.5. The summed E-state index contributed by atoms with van der Waals surface area (Å²) < 4.78 is 6.09. The van der Waals surface area contributed by atoms with Crippen LogP contribution in [0.5, 0.6) is 5.75 Å². The molecule has 31 heavy (non-hydrogen) atoms. The van der Waals surface area contributed by atoms with Crippen LogP contribution in [0.4, 0.5) is 0 Å². The van der Waals surface area contributed by atoms with Crippen LogP contribution in [-0.4, -0.2) is 6.61 Å². The summed E-state index contributed by atoms with van der Waals surface area (Å²) in [5.41, 5.74) is 3.51. The molecule has 0 aliphatic heterocycles. The summed E-state index contributed by atoms with van der Waals surface area (Å²) in [6, 6.07) is 16.9. The lowest BCUT2D eigenvalue weighted by atomic mass is 9.80. The molecule has 0 spiro atoms. The predicted molar refractivity (Wildman–Crippen MR) is 133 cm³/mol. The second-order valence-corrected chi connectivity index (χ2v) is 9.27. The fourth-order valence-electron chi connectivity index (χ4n) is 4.50. The maximum Gasteiger partial charge on any atom is 0.119 e.